The van der Waals surface area contributed by atoms with Crippen molar-refractivity contribution in [2.45, 2.75) is 4.90 Å². The zero-order chi connectivity index (χ0) is 19.7. The summed E-state index contributed by atoms with van der Waals surface area (Å²) in [5.41, 5.74) is 1.84. The van der Waals surface area contributed by atoms with Gasteiger partial charge in [0.05, 0.1) is 29.3 Å². The van der Waals surface area contributed by atoms with Crippen molar-refractivity contribution in [3.8, 4) is 17.1 Å². The number of rotatable bonds is 6. The van der Waals surface area contributed by atoms with Gasteiger partial charge in [-0.25, -0.2) is 23.1 Å². The van der Waals surface area contributed by atoms with Crippen LogP contribution in [0.4, 0.5) is 11.5 Å². The van der Waals surface area contributed by atoms with E-state index in [2.05, 4.69) is 25.0 Å². The van der Waals surface area contributed by atoms with Crippen molar-refractivity contribution in [1.82, 2.24) is 19.7 Å². The zero-order valence-electron chi connectivity index (χ0n) is 15.1. The molecule has 0 spiro atoms. The molecule has 28 heavy (non-hydrogen) atoms. The first kappa shape index (κ1) is 18.0. The molecule has 4 rings (SSSR count). The van der Waals surface area contributed by atoms with E-state index < -0.39 is 10.0 Å². The van der Waals surface area contributed by atoms with Crippen molar-refractivity contribution in [2.75, 3.05) is 19.5 Å². The Balaban J connectivity index is 1.85. The van der Waals surface area contributed by atoms with E-state index >= 15 is 0 Å². The van der Waals surface area contributed by atoms with Gasteiger partial charge in [0.15, 0.2) is 0 Å². The highest BCUT2D eigenvalue weighted by molar-refractivity contribution is 7.89. The fourth-order valence-corrected chi connectivity index (χ4v) is 3.64. The maximum Gasteiger partial charge on any atom is 0.240 e. The normalized spacial score (nSPS) is 11.6. The Bertz CT molecular complexity index is 1230. The van der Waals surface area contributed by atoms with Gasteiger partial charge in [0, 0.05) is 11.8 Å². The smallest absolute Gasteiger partial charge is 0.240 e. The molecule has 0 aliphatic heterocycles. The van der Waals surface area contributed by atoms with Gasteiger partial charge in [-0.15, -0.1) is 0 Å². The fourth-order valence-electron chi connectivity index (χ4n) is 2.88. The van der Waals surface area contributed by atoms with Crippen LogP contribution in [0.2, 0.25) is 0 Å². The van der Waals surface area contributed by atoms with Gasteiger partial charge in [0.1, 0.15) is 29.3 Å². The number of fused-ring (bicyclic) bond motifs is 1. The van der Waals surface area contributed by atoms with Crippen molar-refractivity contribution in [3.63, 3.8) is 0 Å². The highest BCUT2D eigenvalue weighted by Gasteiger charge is 2.18. The Morgan fingerprint density at radius 3 is 2.79 bits per heavy atom. The first-order valence-electron chi connectivity index (χ1n) is 8.28. The molecule has 0 bridgehead atoms. The van der Waals surface area contributed by atoms with Crippen LogP contribution in [0.15, 0.2) is 58.4 Å². The highest BCUT2D eigenvalue weighted by atomic mass is 32.2. The van der Waals surface area contributed by atoms with Crippen LogP contribution in [0, 0.1) is 0 Å². The lowest BCUT2D eigenvalue weighted by Gasteiger charge is -2.13. The molecule has 0 fully saturated rings. The molecule has 3 N–H and O–H groups in total. The average molecular weight is 399 g/mol. The van der Waals surface area contributed by atoms with E-state index in [-0.39, 0.29) is 4.90 Å². The molecule has 0 atom stereocenters. The Kier molecular flexibility index (Phi) is 4.49. The standard InChI is InChI=1S/C18H17N5O4S/c1-19-28(24,25)11-5-6-15(26-2)13(8-11)23-18-16-12(14-4-3-7-27-14)9-20-17(16)21-10-22-18/h3-10,19H,1-2H3,(H2,20,21,22,23). The van der Waals surface area contributed by atoms with E-state index in [1.807, 2.05) is 6.07 Å². The Hall–Kier alpha value is -3.37. The number of nitrogens with one attached hydrogen (secondary N) is 3. The van der Waals surface area contributed by atoms with E-state index in [1.54, 1.807) is 24.6 Å². The van der Waals surface area contributed by atoms with Crippen molar-refractivity contribution in [3.05, 3.63) is 49.1 Å². The van der Waals surface area contributed by atoms with Gasteiger partial charge in [-0.1, -0.05) is 0 Å². The molecule has 0 saturated carbocycles. The molecular weight excluding hydrogens is 382 g/mol. The molecule has 0 unspecified atom stereocenters. The number of H-pyrrole nitrogens is 1. The van der Waals surface area contributed by atoms with Crippen molar-refractivity contribution < 1.29 is 17.6 Å². The SMILES string of the molecule is CNS(=O)(=O)c1ccc(OC)c(Nc2ncnc3[nH]cc(-c4ccco4)c23)c1. The molecule has 3 heterocycles. The molecular formula is C18H17N5O4S. The van der Waals surface area contributed by atoms with Crippen LogP contribution < -0.4 is 14.8 Å². The third-order valence-corrected chi connectivity index (χ3v) is 5.67. The number of ether oxygens (including phenoxy) is 1. The minimum Gasteiger partial charge on any atom is -0.495 e. The van der Waals surface area contributed by atoms with E-state index in [4.69, 9.17) is 9.15 Å². The van der Waals surface area contributed by atoms with Gasteiger partial charge in [-0.2, -0.15) is 0 Å². The first-order chi connectivity index (χ1) is 13.5. The molecule has 144 valence electrons. The summed E-state index contributed by atoms with van der Waals surface area (Å²) in [7, 11) is -0.749. The van der Waals surface area contributed by atoms with Crippen LogP contribution in [0.5, 0.6) is 5.75 Å². The van der Waals surface area contributed by atoms with Gasteiger partial charge in [0.2, 0.25) is 10.0 Å². The van der Waals surface area contributed by atoms with Crippen molar-refractivity contribution >= 4 is 32.6 Å². The molecule has 0 aliphatic rings. The largest absolute Gasteiger partial charge is 0.495 e. The van der Waals surface area contributed by atoms with Gasteiger partial charge in [-0.05, 0) is 37.4 Å². The quantitative estimate of drug-likeness (QED) is 0.456. The highest BCUT2D eigenvalue weighted by Crippen LogP contribution is 2.36. The average Bonchev–Trinajstić information content (AvgIpc) is 3.38. The van der Waals surface area contributed by atoms with E-state index in [9.17, 15) is 8.42 Å². The Morgan fingerprint density at radius 2 is 2.07 bits per heavy atom. The summed E-state index contributed by atoms with van der Waals surface area (Å²) in [5, 5.41) is 3.87. The molecule has 9 nitrogen and oxygen atoms in total. The van der Waals surface area contributed by atoms with Crippen LogP contribution in [-0.2, 0) is 10.0 Å². The van der Waals surface area contributed by atoms with Crippen LogP contribution >= 0.6 is 0 Å². The van der Waals surface area contributed by atoms with Gasteiger partial charge < -0.3 is 19.5 Å². The Labute approximate surface area is 160 Å². The molecule has 0 amide bonds. The molecule has 4 aromatic rings. The van der Waals surface area contributed by atoms with Crippen LogP contribution in [-0.4, -0.2) is 37.5 Å². The van der Waals surface area contributed by atoms with Gasteiger partial charge >= 0.3 is 0 Å². The molecule has 0 aliphatic carbocycles. The van der Waals surface area contributed by atoms with E-state index in [0.717, 1.165) is 5.56 Å². The summed E-state index contributed by atoms with van der Waals surface area (Å²) >= 11 is 0. The maximum atomic E-state index is 12.2. The molecule has 0 saturated heterocycles. The summed E-state index contributed by atoms with van der Waals surface area (Å²) in [6.45, 7) is 0. The predicted octanol–water partition coefficient (Wildman–Crippen LogP) is 2.88. The lowest BCUT2D eigenvalue weighted by molar-refractivity contribution is 0.416. The van der Waals surface area contributed by atoms with Crippen LogP contribution in [0.25, 0.3) is 22.4 Å². The summed E-state index contributed by atoms with van der Waals surface area (Å²) in [6, 6.07) is 8.16. The number of hydrogen-bond donors (Lipinski definition) is 3. The fraction of sp³-hybridized carbons (Fsp3) is 0.111. The second-order valence-corrected chi connectivity index (χ2v) is 7.71. The maximum absolute atomic E-state index is 12.2. The van der Waals surface area contributed by atoms with Crippen LogP contribution in [0.1, 0.15) is 0 Å². The van der Waals surface area contributed by atoms with Crippen molar-refractivity contribution in [1.29, 1.82) is 0 Å². The number of furan rings is 1. The van der Waals surface area contributed by atoms with E-state index in [1.165, 1.54) is 32.6 Å². The number of nitrogens with zero attached hydrogens (tertiary/aromatic N) is 2. The molecule has 0 radical (unpaired) electrons. The third kappa shape index (κ3) is 3.08. The predicted molar refractivity (Wildman–Crippen MR) is 104 cm³/mol. The van der Waals surface area contributed by atoms with Gasteiger partial charge in [-0.3, -0.25) is 0 Å². The second-order valence-electron chi connectivity index (χ2n) is 5.82. The lowest BCUT2D eigenvalue weighted by atomic mass is 10.2. The van der Waals surface area contributed by atoms with Crippen LogP contribution in [0.3, 0.4) is 0 Å². The number of sulfonamides is 1. The third-order valence-electron chi connectivity index (χ3n) is 4.26. The Morgan fingerprint density at radius 1 is 1.21 bits per heavy atom. The van der Waals surface area contributed by atoms with Gasteiger partial charge in [0.25, 0.3) is 0 Å². The summed E-state index contributed by atoms with van der Waals surface area (Å²) in [6.07, 6.45) is 4.77. The monoisotopic (exact) mass is 399 g/mol. The topological polar surface area (TPSA) is 122 Å². The zero-order valence-corrected chi connectivity index (χ0v) is 15.9. The lowest BCUT2D eigenvalue weighted by Crippen LogP contribution is -2.18. The number of benzene rings is 1. The number of anilines is 2. The minimum atomic E-state index is -3.61. The molecule has 10 heteroatoms. The number of methoxy groups -OCH3 is 1. The molecule has 3 aromatic heterocycles. The summed E-state index contributed by atoms with van der Waals surface area (Å²) in [5.74, 6) is 1.61. The number of hydrogen-bond acceptors (Lipinski definition) is 7. The number of aromatic amines is 1. The second kappa shape index (κ2) is 6.98. The molecule has 1 aromatic carbocycles. The van der Waals surface area contributed by atoms with E-state index in [0.29, 0.717) is 34.0 Å². The van der Waals surface area contributed by atoms with Crippen molar-refractivity contribution in [2.24, 2.45) is 0 Å². The summed E-state index contributed by atoms with van der Waals surface area (Å²) in [4.78, 5) is 11.8. The number of aromatic nitrogens is 3. The minimum absolute atomic E-state index is 0.101. The summed E-state index contributed by atoms with van der Waals surface area (Å²) < 4.78 is 37.5. The first-order valence-corrected chi connectivity index (χ1v) is 9.76.